The summed E-state index contributed by atoms with van der Waals surface area (Å²) in [5, 5.41) is 9.42. The second-order valence-electron chi connectivity index (χ2n) is 5.46. The number of halogens is 1. The molecule has 2 aliphatic heterocycles. The lowest BCUT2D eigenvalue weighted by Crippen LogP contribution is -2.18. The van der Waals surface area contributed by atoms with Crippen molar-refractivity contribution in [3.05, 3.63) is 60.7 Å². The minimum atomic E-state index is -0.194. The smallest absolute Gasteiger partial charge is 0.191 e. The van der Waals surface area contributed by atoms with Gasteiger partial charge in [0.1, 0.15) is 18.1 Å². The van der Waals surface area contributed by atoms with Gasteiger partial charge in [0.2, 0.25) is 0 Å². The van der Waals surface area contributed by atoms with Gasteiger partial charge in [0.05, 0.1) is 31.8 Å². The molecule has 0 spiro atoms. The molecule has 2 heterocycles. The van der Waals surface area contributed by atoms with Gasteiger partial charge in [-0.3, -0.25) is 0 Å². The number of hydrogen-bond acceptors (Lipinski definition) is 6. The maximum absolute atomic E-state index is 8.63. The van der Waals surface area contributed by atoms with Gasteiger partial charge in [0, 0.05) is 0 Å². The van der Waals surface area contributed by atoms with Crippen LogP contribution >= 0.6 is 15.9 Å². The monoisotopic (exact) mass is 440 g/mol. The number of alkyl halides is 1. The summed E-state index contributed by atoms with van der Waals surface area (Å²) in [6.07, 6.45) is -0.180. The molecule has 0 aromatic heterocycles. The van der Waals surface area contributed by atoms with Crippen LogP contribution in [0.1, 0.15) is 0 Å². The molecule has 1 N–H and O–H groups in total. The van der Waals surface area contributed by atoms with Crippen LogP contribution in [0, 0.1) is 0 Å². The minimum absolute atomic E-state index is 0.0139. The quantitative estimate of drug-likeness (QED) is 0.732. The molecule has 0 aliphatic carbocycles. The fraction of sp³-hybridized carbons (Fsp3) is 0.400. The Bertz CT molecular complexity index is 586. The van der Waals surface area contributed by atoms with E-state index in [9.17, 15) is 0 Å². The number of hydrogen-bond donors (Lipinski definition) is 1. The summed E-state index contributed by atoms with van der Waals surface area (Å²) in [6.45, 7) is 3.29. The summed E-state index contributed by atoms with van der Waals surface area (Å²) >= 11 is 3.23. The molecule has 2 aliphatic rings. The molecule has 148 valence electrons. The lowest BCUT2D eigenvalue weighted by atomic mass is 10.3. The normalized spacial score (nSPS) is 16.8. The van der Waals surface area contributed by atoms with Gasteiger partial charge in [0.25, 0.3) is 0 Å². The average Bonchev–Trinajstić information content (AvgIpc) is 3.43. The first-order chi connectivity index (χ1) is 13.3. The van der Waals surface area contributed by atoms with Crippen molar-refractivity contribution in [2.75, 3.05) is 38.4 Å². The zero-order chi connectivity index (χ0) is 19.2. The maximum atomic E-state index is 8.63. The Labute approximate surface area is 168 Å². The Morgan fingerprint density at radius 1 is 0.778 bits per heavy atom. The van der Waals surface area contributed by atoms with E-state index in [1.54, 1.807) is 24.3 Å². The molecule has 0 bridgehead atoms. The van der Waals surface area contributed by atoms with E-state index in [-0.39, 0.29) is 12.6 Å². The minimum Gasteiger partial charge on any atom is -0.508 e. The van der Waals surface area contributed by atoms with Crippen LogP contribution in [0.4, 0.5) is 0 Å². The number of rotatable bonds is 4. The van der Waals surface area contributed by atoms with Gasteiger partial charge in [-0.05, 0) is 24.3 Å². The second kappa shape index (κ2) is 13.5. The van der Waals surface area contributed by atoms with Crippen LogP contribution in [0.5, 0.6) is 11.5 Å². The summed E-state index contributed by atoms with van der Waals surface area (Å²) in [5.74, 6) is 1.17. The standard InChI is InChI=1S/C10H12O3.C6H6O.C4H7BrO2/c1-2-4-9(5-3-1)13-8-10-11-6-7-12-10;7-6-4-2-1-3-5-6;5-3-4-6-1-2-7-4/h1-5,10H,6-8H2;1-5,7H;4H,1-3H2. The van der Waals surface area contributed by atoms with Crippen LogP contribution in [0.2, 0.25) is 0 Å². The zero-order valence-electron chi connectivity index (χ0n) is 15.0. The SMILES string of the molecule is BrCC1OCCO1.Oc1ccccc1.c1ccc(OCC2OCCO2)cc1. The topological polar surface area (TPSA) is 66.4 Å². The molecular weight excluding hydrogens is 416 g/mol. The first-order valence-electron chi connectivity index (χ1n) is 8.72. The van der Waals surface area contributed by atoms with Crippen LogP contribution in [0.3, 0.4) is 0 Å². The number of para-hydroxylation sites is 2. The van der Waals surface area contributed by atoms with E-state index < -0.39 is 0 Å². The van der Waals surface area contributed by atoms with Gasteiger partial charge >= 0.3 is 0 Å². The lowest BCUT2D eigenvalue weighted by Gasteiger charge is -2.10. The zero-order valence-corrected chi connectivity index (χ0v) is 16.6. The predicted octanol–water partition coefficient (Wildman–Crippen LogP) is 3.58. The highest BCUT2D eigenvalue weighted by molar-refractivity contribution is 9.09. The molecule has 7 heteroatoms. The van der Waals surface area contributed by atoms with E-state index >= 15 is 0 Å². The number of aromatic hydroxyl groups is 1. The summed E-state index contributed by atoms with van der Waals surface area (Å²) in [4.78, 5) is 0. The van der Waals surface area contributed by atoms with Gasteiger partial charge in [-0.15, -0.1) is 0 Å². The highest BCUT2D eigenvalue weighted by Crippen LogP contribution is 2.11. The molecule has 0 saturated carbocycles. The van der Waals surface area contributed by atoms with E-state index in [0.717, 1.165) is 24.3 Å². The highest BCUT2D eigenvalue weighted by atomic mass is 79.9. The Balaban J connectivity index is 0.000000159. The first-order valence-corrected chi connectivity index (χ1v) is 9.84. The van der Waals surface area contributed by atoms with Crippen molar-refractivity contribution in [2.24, 2.45) is 0 Å². The predicted molar refractivity (Wildman–Crippen MR) is 105 cm³/mol. The third-order valence-corrected chi connectivity index (χ3v) is 3.92. The van der Waals surface area contributed by atoms with Crippen molar-refractivity contribution < 1.29 is 28.8 Å². The highest BCUT2D eigenvalue weighted by Gasteiger charge is 2.16. The fourth-order valence-corrected chi connectivity index (χ4v) is 2.48. The molecule has 4 rings (SSSR count). The van der Waals surface area contributed by atoms with E-state index in [0.29, 0.717) is 25.6 Å². The number of benzene rings is 2. The molecule has 0 unspecified atom stereocenters. The largest absolute Gasteiger partial charge is 0.508 e. The van der Waals surface area contributed by atoms with Gasteiger partial charge in [-0.1, -0.05) is 52.3 Å². The number of ether oxygens (including phenoxy) is 5. The van der Waals surface area contributed by atoms with E-state index in [1.807, 2.05) is 36.4 Å². The Morgan fingerprint density at radius 3 is 1.67 bits per heavy atom. The Kier molecular flexibility index (Phi) is 10.8. The van der Waals surface area contributed by atoms with E-state index in [2.05, 4.69) is 15.9 Å². The molecule has 2 saturated heterocycles. The number of phenols is 1. The number of phenolic OH excluding ortho intramolecular Hbond substituents is 1. The lowest BCUT2D eigenvalue weighted by molar-refractivity contribution is -0.0684. The van der Waals surface area contributed by atoms with Crippen LogP contribution in [0.15, 0.2) is 60.7 Å². The molecule has 27 heavy (non-hydrogen) atoms. The van der Waals surface area contributed by atoms with Crippen LogP contribution < -0.4 is 4.74 Å². The molecule has 2 aromatic carbocycles. The summed E-state index contributed by atoms with van der Waals surface area (Å²) < 4.78 is 26.0. The van der Waals surface area contributed by atoms with Crippen molar-refractivity contribution >= 4 is 15.9 Å². The van der Waals surface area contributed by atoms with Gasteiger partial charge in [0.15, 0.2) is 12.6 Å². The third kappa shape index (κ3) is 9.74. The first kappa shape index (κ1) is 21.7. The third-order valence-electron chi connectivity index (χ3n) is 3.39. The Morgan fingerprint density at radius 2 is 1.26 bits per heavy atom. The average molecular weight is 441 g/mol. The summed E-state index contributed by atoms with van der Waals surface area (Å²) in [6, 6.07) is 18.4. The molecule has 2 fully saturated rings. The second-order valence-corrected chi connectivity index (χ2v) is 6.10. The van der Waals surface area contributed by atoms with Gasteiger partial charge in [-0.25, -0.2) is 0 Å². The van der Waals surface area contributed by atoms with Crippen molar-refractivity contribution in [2.45, 2.75) is 12.6 Å². The van der Waals surface area contributed by atoms with Crippen LogP contribution in [-0.2, 0) is 18.9 Å². The van der Waals surface area contributed by atoms with Crippen molar-refractivity contribution in [1.82, 2.24) is 0 Å². The summed E-state index contributed by atoms with van der Waals surface area (Å²) in [7, 11) is 0. The molecule has 0 atom stereocenters. The van der Waals surface area contributed by atoms with Crippen molar-refractivity contribution in [3.8, 4) is 11.5 Å². The fourth-order valence-electron chi connectivity index (χ4n) is 2.11. The maximum Gasteiger partial charge on any atom is 0.191 e. The van der Waals surface area contributed by atoms with E-state index in [4.69, 9.17) is 28.8 Å². The molecule has 6 nitrogen and oxygen atoms in total. The molecule has 2 aromatic rings. The molecule has 0 radical (unpaired) electrons. The van der Waals surface area contributed by atoms with Crippen LogP contribution in [0.25, 0.3) is 0 Å². The van der Waals surface area contributed by atoms with Gasteiger partial charge in [-0.2, -0.15) is 0 Å². The Hall–Kier alpha value is -1.64. The summed E-state index contributed by atoms with van der Waals surface area (Å²) in [5.41, 5.74) is 0. The van der Waals surface area contributed by atoms with Gasteiger partial charge < -0.3 is 28.8 Å². The van der Waals surface area contributed by atoms with Crippen LogP contribution in [-0.4, -0.2) is 56.1 Å². The van der Waals surface area contributed by atoms with E-state index in [1.165, 1.54) is 0 Å². The molecule has 0 amide bonds. The van der Waals surface area contributed by atoms with Crippen molar-refractivity contribution in [1.29, 1.82) is 0 Å². The molecular formula is C20H25BrO6. The van der Waals surface area contributed by atoms with Crippen molar-refractivity contribution in [3.63, 3.8) is 0 Å².